The van der Waals surface area contributed by atoms with E-state index in [0.717, 1.165) is 22.0 Å². The summed E-state index contributed by atoms with van der Waals surface area (Å²) in [7, 11) is 1.47. The van der Waals surface area contributed by atoms with Gasteiger partial charge in [-0.1, -0.05) is 58.9 Å². The van der Waals surface area contributed by atoms with Crippen LogP contribution in [0.5, 0.6) is 0 Å². The van der Waals surface area contributed by atoms with Crippen LogP contribution in [0.2, 0.25) is 0 Å². The van der Waals surface area contributed by atoms with Crippen LogP contribution < -0.4 is 10.2 Å². The van der Waals surface area contributed by atoms with Crippen LogP contribution in [0.15, 0.2) is 63.6 Å². The maximum atomic E-state index is 13.3. The Labute approximate surface area is 182 Å². The second-order valence-corrected chi connectivity index (χ2v) is 8.61. The standard InChI is InChI=1S/C22H20BrN3O2S/c1-3-14-6-10-17(11-7-14)26-21(28)19(12-15-4-8-16(23)9-5-15)29-22(26)18(13-24)20(27)25-2/h4-11,19H,3,12H2,1-2H3,(H,25,27)/b22-18-. The van der Waals surface area contributed by atoms with Gasteiger partial charge in [0, 0.05) is 17.2 Å². The highest BCUT2D eigenvalue weighted by Gasteiger charge is 2.40. The fourth-order valence-corrected chi connectivity index (χ4v) is 4.63. The fourth-order valence-electron chi connectivity index (χ4n) is 3.06. The molecule has 29 heavy (non-hydrogen) atoms. The molecule has 1 aliphatic rings. The lowest BCUT2D eigenvalue weighted by Gasteiger charge is -2.19. The van der Waals surface area contributed by atoms with E-state index < -0.39 is 11.2 Å². The number of hydrogen-bond acceptors (Lipinski definition) is 4. The van der Waals surface area contributed by atoms with Crippen LogP contribution in [-0.4, -0.2) is 24.1 Å². The van der Waals surface area contributed by atoms with E-state index >= 15 is 0 Å². The lowest BCUT2D eigenvalue weighted by molar-refractivity contribution is -0.117. The fraction of sp³-hybridized carbons (Fsp3) is 0.227. The first-order valence-corrected chi connectivity index (χ1v) is 10.9. The van der Waals surface area contributed by atoms with Gasteiger partial charge in [-0.05, 0) is 48.2 Å². The van der Waals surface area contributed by atoms with Crippen molar-refractivity contribution in [2.45, 2.75) is 25.0 Å². The Morgan fingerprint density at radius 3 is 2.34 bits per heavy atom. The van der Waals surface area contributed by atoms with Gasteiger partial charge in [0.2, 0.25) is 5.91 Å². The first kappa shape index (κ1) is 21.2. The lowest BCUT2D eigenvalue weighted by Crippen LogP contribution is -2.31. The summed E-state index contributed by atoms with van der Waals surface area (Å²) in [6.45, 7) is 2.06. The summed E-state index contributed by atoms with van der Waals surface area (Å²) in [5.41, 5.74) is 2.77. The second-order valence-electron chi connectivity index (χ2n) is 6.50. The van der Waals surface area contributed by atoms with Crippen molar-refractivity contribution >= 4 is 45.2 Å². The van der Waals surface area contributed by atoms with Gasteiger partial charge < -0.3 is 5.32 Å². The van der Waals surface area contributed by atoms with Gasteiger partial charge in [0.25, 0.3) is 5.91 Å². The number of amides is 2. The van der Waals surface area contributed by atoms with Crippen LogP contribution in [0.3, 0.4) is 0 Å². The Bertz CT molecular complexity index is 994. The summed E-state index contributed by atoms with van der Waals surface area (Å²) in [5.74, 6) is -0.629. The van der Waals surface area contributed by atoms with E-state index in [-0.39, 0.29) is 11.5 Å². The summed E-state index contributed by atoms with van der Waals surface area (Å²) >= 11 is 4.68. The number of carbonyl (C=O) groups excluding carboxylic acids is 2. The first-order valence-electron chi connectivity index (χ1n) is 9.19. The van der Waals surface area contributed by atoms with Gasteiger partial charge in [-0.25, -0.2) is 0 Å². The largest absolute Gasteiger partial charge is 0.354 e. The molecule has 7 heteroatoms. The number of nitriles is 1. The molecule has 3 rings (SSSR count). The molecular weight excluding hydrogens is 450 g/mol. The molecule has 1 saturated heterocycles. The van der Waals surface area contributed by atoms with Gasteiger partial charge in [-0.3, -0.25) is 14.5 Å². The van der Waals surface area contributed by atoms with E-state index in [1.807, 2.05) is 54.6 Å². The van der Waals surface area contributed by atoms with E-state index in [2.05, 4.69) is 28.2 Å². The molecular formula is C22H20BrN3O2S. The quantitative estimate of drug-likeness (QED) is 0.526. The van der Waals surface area contributed by atoms with E-state index in [9.17, 15) is 14.9 Å². The Morgan fingerprint density at radius 2 is 1.79 bits per heavy atom. The van der Waals surface area contributed by atoms with Crippen molar-refractivity contribution in [2.75, 3.05) is 11.9 Å². The zero-order valence-corrected chi connectivity index (χ0v) is 18.5. The molecule has 2 amide bonds. The van der Waals surface area contributed by atoms with Crippen LogP contribution in [0, 0.1) is 11.3 Å². The van der Waals surface area contributed by atoms with Crippen molar-refractivity contribution in [2.24, 2.45) is 0 Å². The van der Waals surface area contributed by atoms with Crippen LogP contribution in [0.1, 0.15) is 18.1 Å². The third-order valence-corrected chi connectivity index (χ3v) is 6.46. The number of rotatable bonds is 5. The monoisotopic (exact) mass is 469 g/mol. The Balaban J connectivity index is 2.02. The second kappa shape index (κ2) is 9.29. The molecule has 1 unspecified atom stereocenters. The van der Waals surface area contributed by atoms with Gasteiger partial charge in [-0.15, -0.1) is 0 Å². The molecule has 0 bridgehead atoms. The highest BCUT2D eigenvalue weighted by atomic mass is 79.9. The number of thioether (sulfide) groups is 1. The lowest BCUT2D eigenvalue weighted by atomic mass is 10.1. The van der Waals surface area contributed by atoms with Crippen molar-refractivity contribution in [1.29, 1.82) is 5.26 Å². The average molecular weight is 470 g/mol. The highest BCUT2D eigenvalue weighted by Crippen LogP contribution is 2.42. The van der Waals surface area contributed by atoms with Gasteiger partial charge in [0.15, 0.2) is 0 Å². The van der Waals surface area contributed by atoms with E-state index in [4.69, 9.17) is 0 Å². The highest BCUT2D eigenvalue weighted by molar-refractivity contribution is 9.10. The van der Waals surface area contributed by atoms with Crippen LogP contribution in [-0.2, 0) is 22.4 Å². The molecule has 0 radical (unpaired) electrons. The van der Waals surface area contributed by atoms with Crippen molar-refractivity contribution in [3.63, 3.8) is 0 Å². The predicted octanol–water partition coefficient (Wildman–Crippen LogP) is 4.18. The summed E-state index contributed by atoms with van der Waals surface area (Å²) in [5, 5.41) is 12.1. The van der Waals surface area contributed by atoms with Gasteiger partial charge in [0.1, 0.15) is 16.7 Å². The maximum Gasteiger partial charge on any atom is 0.264 e. The third kappa shape index (κ3) is 4.55. The number of aryl methyl sites for hydroxylation is 1. The summed E-state index contributed by atoms with van der Waals surface area (Å²) in [6, 6.07) is 17.4. The Hall–Kier alpha value is -2.56. The summed E-state index contributed by atoms with van der Waals surface area (Å²) in [6.07, 6.45) is 1.40. The molecule has 0 saturated carbocycles. The number of halogens is 1. The van der Waals surface area contributed by atoms with Gasteiger partial charge in [-0.2, -0.15) is 5.26 Å². The normalized spacial score (nSPS) is 17.8. The van der Waals surface area contributed by atoms with Crippen LogP contribution >= 0.6 is 27.7 Å². The van der Waals surface area contributed by atoms with Crippen molar-refractivity contribution in [3.8, 4) is 6.07 Å². The van der Waals surface area contributed by atoms with Gasteiger partial charge >= 0.3 is 0 Å². The van der Waals surface area contributed by atoms with Crippen LogP contribution in [0.25, 0.3) is 0 Å². The predicted molar refractivity (Wildman–Crippen MR) is 119 cm³/mol. The number of nitrogens with zero attached hydrogens (tertiary/aromatic N) is 2. The number of hydrogen-bond donors (Lipinski definition) is 1. The van der Waals surface area contributed by atoms with Crippen molar-refractivity contribution in [3.05, 3.63) is 74.7 Å². The number of likely N-dealkylation sites (N-methyl/N-ethyl adjacent to an activating group) is 1. The molecule has 1 heterocycles. The molecule has 0 aliphatic carbocycles. The van der Waals surface area contributed by atoms with Crippen LogP contribution in [0.4, 0.5) is 5.69 Å². The molecule has 5 nitrogen and oxygen atoms in total. The van der Waals surface area contributed by atoms with Crippen molar-refractivity contribution in [1.82, 2.24) is 5.32 Å². The zero-order chi connectivity index (χ0) is 21.0. The number of carbonyl (C=O) groups is 2. The van der Waals surface area contributed by atoms with E-state index in [1.54, 1.807) is 0 Å². The first-order chi connectivity index (χ1) is 14.0. The Morgan fingerprint density at radius 1 is 1.17 bits per heavy atom. The molecule has 1 atom stereocenters. The molecule has 1 fully saturated rings. The molecule has 148 valence electrons. The summed E-state index contributed by atoms with van der Waals surface area (Å²) < 4.78 is 0.969. The number of anilines is 1. The zero-order valence-electron chi connectivity index (χ0n) is 16.1. The SMILES string of the molecule is CCc1ccc(N2C(=O)C(Cc3ccc(Br)cc3)S/C2=C(/C#N)C(=O)NC)cc1. The smallest absolute Gasteiger partial charge is 0.264 e. The molecule has 0 spiro atoms. The minimum Gasteiger partial charge on any atom is -0.354 e. The third-order valence-electron chi connectivity index (χ3n) is 4.67. The van der Waals surface area contributed by atoms with E-state index in [0.29, 0.717) is 17.1 Å². The Kier molecular flexibility index (Phi) is 6.78. The average Bonchev–Trinajstić information content (AvgIpc) is 3.05. The molecule has 0 aromatic heterocycles. The minimum absolute atomic E-state index is 0.0521. The topological polar surface area (TPSA) is 73.2 Å². The van der Waals surface area contributed by atoms with Crippen molar-refractivity contribution < 1.29 is 9.59 Å². The number of nitrogens with one attached hydrogen (secondary N) is 1. The minimum atomic E-state index is -0.498. The summed E-state index contributed by atoms with van der Waals surface area (Å²) in [4.78, 5) is 27.1. The molecule has 2 aromatic rings. The van der Waals surface area contributed by atoms with Gasteiger partial charge in [0.05, 0.1) is 5.25 Å². The van der Waals surface area contributed by atoms with E-state index in [1.165, 1.54) is 23.7 Å². The molecule has 1 aliphatic heterocycles. The number of benzene rings is 2. The maximum absolute atomic E-state index is 13.3. The molecule has 2 aromatic carbocycles. The molecule has 1 N–H and O–H groups in total.